The number of rotatable bonds is 8. The lowest BCUT2D eigenvalue weighted by molar-refractivity contribution is -0.125. The lowest BCUT2D eigenvalue weighted by Gasteiger charge is -2.39. The van der Waals surface area contributed by atoms with Gasteiger partial charge in [0.1, 0.15) is 6.04 Å². The van der Waals surface area contributed by atoms with Crippen LogP contribution in [0.1, 0.15) is 33.3 Å². The van der Waals surface area contributed by atoms with Crippen LogP contribution in [0.2, 0.25) is 5.82 Å². The van der Waals surface area contributed by atoms with Gasteiger partial charge >= 0.3 is 13.1 Å². The highest BCUT2D eigenvalue weighted by Gasteiger charge is 2.37. The number of benzene rings is 1. The van der Waals surface area contributed by atoms with Gasteiger partial charge in [0.05, 0.1) is 11.6 Å². The van der Waals surface area contributed by atoms with Crippen LogP contribution >= 0.6 is 0 Å². The highest BCUT2D eigenvalue weighted by molar-refractivity contribution is 6.43. The number of hydrogen-bond donors (Lipinski definition) is 5. The standard InChI is InChI=1S/C22H32BN3O5/c1-15(2)18(23(30)31)14-24-20(28)19(16(3)27)25-21(29)26-13-9-8-12-22(26,4)17-10-6-5-7-11-17/h5-13,15-16,18-19,27,30-31H,14H2,1-4H3,(H,24,28)(H,25,29)/t16-,18+,19+,22?/m1/s1. The summed E-state index contributed by atoms with van der Waals surface area (Å²) in [5, 5.41) is 34.3. The lowest BCUT2D eigenvalue weighted by Crippen LogP contribution is -2.58. The zero-order chi connectivity index (χ0) is 23.2. The number of amides is 3. The van der Waals surface area contributed by atoms with Gasteiger partial charge < -0.3 is 25.8 Å². The van der Waals surface area contributed by atoms with Crippen molar-refractivity contribution in [2.24, 2.45) is 5.92 Å². The van der Waals surface area contributed by atoms with E-state index in [0.717, 1.165) is 5.56 Å². The predicted octanol–water partition coefficient (Wildman–Crippen LogP) is 1.36. The molecule has 0 radical (unpaired) electrons. The maximum atomic E-state index is 13.1. The van der Waals surface area contributed by atoms with Gasteiger partial charge in [-0.3, -0.25) is 9.69 Å². The fraction of sp³-hybridized carbons (Fsp3) is 0.455. The van der Waals surface area contributed by atoms with Crippen molar-refractivity contribution in [3.8, 4) is 0 Å². The summed E-state index contributed by atoms with van der Waals surface area (Å²) in [6.07, 6.45) is 5.91. The van der Waals surface area contributed by atoms with Gasteiger partial charge in [-0.15, -0.1) is 0 Å². The summed E-state index contributed by atoms with van der Waals surface area (Å²) >= 11 is 0. The first-order valence-electron chi connectivity index (χ1n) is 10.4. The van der Waals surface area contributed by atoms with Crippen LogP contribution in [0.3, 0.4) is 0 Å². The predicted molar refractivity (Wildman–Crippen MR) is 120 cm³/mol. The summed E-state index contributed by atoms with van der Waals surface area (Å²) in [5.74, 6) is -1.27. The topological polar surface area (TPSA) is 122 Å². The van der Waals surface area contributed by atoms with Gasteiger partial charge in [0.15, 0.2) is 0 Å². The SMILES string of the molecule is CC(C)[C@H](CNC(=O)[C@@H](NC(=O)N1C=CC=CC1(C)c1ccccc1)[C@@H](C)O)B(O)O. The number of nitrogens with zero attached hydrogens (tertiary/aromatic N) is 1. The molecule has 0 fully saturated rings. The third-order valence-corrected chi connectivity index (χ3v) is 5.64. The summed E-state index contributed by atoms with van der Waals surface area (Å²) in [5.41, 5.74) is 0.115. The highest BCUT2D eigenvalue weighted by atomic mass is 16.4. The smallest absolute Gasteiger partial charge is 0.427 e. The van der Waals surface area contributed by atoms with E-state index in [1.165, 1.54) is 11.8 Å². The second-order valence-electron chi connectivity index (χ2n) is 8.32. The van der Waals surface area contributed by atoms with Gasteiger partial charge in [-0.2, -0.15) is 0 Å². The summed E-state index contributed by atoms with van der Waals surface area (Å²) in [6.45, 7) is 6.92. The molecule has 8 nitrogen and oxygen atoms in total. The Hall–Kier alpha value is -2.62. The highest BCUT2D eigenvalue weighted by Crippen LogP contribution is 2.32. The molecular weight excluding hydrogens is 397 g/mol. The molecule has 5 N–H and O–H groups in total. The quantitative estimate of drug-likeness (QED) is 0.400. The van der Waals surface area contributed by atoms with Gasteiger partial charge in [-0.25, -0.2) is 4.79 Å². The van der Waals surface area contributed by atoms with Crippen LogP contribution in [-0.2, 0) is 10.3 Å². The normalized spacial score (nSPS) is 20.8. The molecule has 1 unspecified atom stereocenters. The van der Waals surface area contributed by atoms with Gasteiger partial charge in [0.25, 0.3) is 0 Å². The molecule has 3 amide bonds. The number of aliphatic hydroxyl groups is 1. The number of aliphatic hydroxyl groups excluding tert-OH is 1. The number of urea groups is 1. The molecule has 1 aliphatic rings. The van der Waals surface area contributed by atoms with Crippen LogP contribution in [0.15, 0.2) is 54.8 Å². The molecule has 4 atom stereocenters. The van der Waals surface area contributed by atoms with E-state index in [-0.39, 0.29) is 12.5 Å². The molecule has 168 valence electrons. The van der Waals surface area contributed by atoms with Crippen LogP contribution < -0.4 is 10.6 Å². The molecule has 0 saturated carbocycles. The Kier molecular flexibility index (Phi) is 8.44. The molecule has 31 heavy (non-hydrogen) atoms. The van der Waals surface area contributed by atoms with E-state index in [0.29, 0.717) is 0 Å². The van der Waals surface area contributed by atoms with E-state index >= 15 is 0 Å². The summed E-state index contributed by atoms with van der Waals surface area (Å²) < 4.78 is 0. The van der Waals surface area contributed by atoms with Crippen LogP contribution in [0.25, 0.3) is 0 Å². The Bertz CT molecular complexity index is 805. The van der Waals surface area contributed by atoms with Crippen molar-refractivity contribution in [2.75, 3.05) is 6.54 Å². The number of carbonyl (C=O) groups is 2. The van der Waals surface area contributed by atoms with Crippen LogP contribution in [0.4, 0.5) is 4.79 Å². The third kappa shape index (κ3) is 5.97. The molecule has 9 heteroatoms. The molecule has 1 aliphatic heterocycles. The van der Waals surface area contributed by atoms with Crippen molar-refractivity contribution in [3.63, 3.8) is 0 Å². The second-order valence-corrected chi connectivity index (χ2v) is 8.32. The largest absolute Gasteiger partial charge is 0.456 e. The molecule has 0 aromatic heterocycles. The Morgan fingerprint density at radius 2 is 1.77 bits per heavy atom. The molecular formula is C22H32BN3O5. The summed E-state index contributed by atoms with van der Waals surface area (Å²) in [4.78, 5) is 27.3. The van der Waals surface area contributed by atoms with Crippen molar-refractivity contribution < 1.29 is 24.7 Å². The second kappa shape index (κ2) is 10.6. The average molecular weight is 429 g/mol. The van der Waals surface area contributed by atoms with Crippen molar-refractivity contribution in [2.45, 2.75) is 51.2 Å². The van der Waals surface area contributed by atoms with E-state index in [1.54, 1.807) is 12.3 Å². The Balaban J connectivity index is 2.15. The fourth-order valence-electron chi connectivity index (χ4n) is 3.52. The first-order valence-corrected chi connectivity index (χ1v) is 10.4. The average Bonchev–Trinajstić information content (AvgIpc) is 2.72. The maximum absolute atomic E-state index is 13.1. The van der Waals surface area contributed by atoms with Crippen molar-refractivity contribution in [1.82, 2.24) is 15.5 Å². The minimum Gasteiger partial charge on any atom is -0.427 e. The van der Waals surface area contributed by atoms with Crippen molar-refractivity contribution >= 4 is 19.1 Å². The van der Waals surface area contributed by atoms with Gasteiger partial charge in [0, 0.05) is 18.6 Å². The number of hydrogen-bond acceptors (Lipinski definition) is 5. The monoisotopic (exact) mass is 429 g/mol. The molecule has 2 rings (SSSR count). The Morgan fingerprint density at radius 3 is 2.32 bits per heavy atom. The van der Waals surface area contributed by atoms with Crippen molar-refractivity contribution in [3.05, 3.63) is 60.3 Å². The fourth-order valence-corrected chi connectivity index (χ4v) is 3.52. The molecule has 1 aromatic rings. The van der Waals surface area contributed by atoms with Crippen molar-refractivity contribution in [1.29, 1.82) is 0 Å². The number of carbonyl (C=O) groups excluding carboxylic acids is 2. The number of nitrogens with one attached hydrogen (secondary N) is 2. The first-order chi connectivity index (χ1) is 14.6. The molecule has 1 aromatic carbocycles. The van der Waals surface area contributed by atoms with Gasteiger partial charge in [-0.1, -0.05) is 56.3 Å². The van der Waals surface area contributed by atoms with Gasteiger partial charge in [0.2, 0.25) is 5.91 Å². The first kappa shape index (κ1) is 24.7. The number of allylic oxidation sites excluding steroid dienone is 2. The van der Waals surface area contributed by atoms with E-state index in [1.807, 2.05) is 63.3 Å². The molecule has 0 aliphatic carbocycles. The van der Waals surface area contributed by atoms with Crippen LogP contribution in [0, 0.1) is 5.92 Å². The Labute approximate surface area is 183 Å². The van der Waals surface area contributed by atoms with E-state index in [4.69, 9.17) is 0 Å². The molecule has 1 heterocycles. The maximum Gasteiger partial charge on any atom is 0.456 e. The van der Waals surface area contributed by atoms with Crippen LogP contribution in [-0.4, -0.2) is 57.8 Å². The van der Waals surface area contributed by atoms with E-state index in [2.05, 4.69) is 10.6 Å². The molecule has 0 bridgehead atoms. The van der Waals surface area contributed by atoms with E-state index < -0.39 is 42.6 Å². The minimum atomic E-state index is -1.59. The van der Waals surface area contributed by atoms with Crippen LogP contribution in [0.5, 0.6) is 0 Å². The zero-order valence-electron chi connectivity index (χ0n) is 18.4. The zero-order valence-corrected chi connectivity index (χ0v) is 18.4. The minimum absolute atomic E-state index is 0.00133. The third-order valence-electron chi connectivity index (χ3n) is 5.64. The summed E-state index contributed by atoms with van der Waals surface area (Å²) in [7, 11) is -1.59. The molecule has 0 spiro atoms. The summed E-state index contributed by atoms with van der Waals surface area (Å²) in [6, 6.07) is 7.72. The van der Waals surface area contributed by atoms with E-state index in [9.17, 15) is 24.7 Å². The molecule has 0 saturated heterocycles. The Morgan fingerprint density at radius 1 is 1.13 bits per heavy atom. The van der Waals surface area contributed by atoms with Gasteiger partial charge in [-0.05, 0) is 31.4 Å². The lowest BCUT2D eigenvalue weighted by atomic mass is 9.66.